The molecule has 4 bridgehead atoms. The molecule has 4 aliphatic rings. The van der Waals surface area contributed by atoms with Gasteiger partial charge < -0.3 is 21.1 Å². The maximum atomic E-state index is 14.1. The number of aromatic nitrogens is 6. The first kappa shape index (κ1) is 27.4. The maximum Gasteiger partial charge on any atom is 0.263 e. The normalized spacial score (nSPS) is 25.3. The number of anilines is 1. The van der Waals surface area contributed by atoms with Gasteiger partial charge in [-0.1, -0.05) is 35.4 Å². The maximum absolute atomic E-state index is 14.1. The number of rotatable bonds is 11. The lowest BCUT2D eigenvalue weighted by Gasteiger charge is -2.55. The minimum atomic E-state index is -0.784. The van der Waals surface area contributed by atoms with Gasteiger partial charge in [0.15, 0.2) is 0 Å². The van der Waals surface area contributed by atoms with Crippen LogP contribution in [-0.4, -0.2) is 66.4 Å². The molecule has 2 aromatic heterocycles. The number of benzene rings is 2. The van der Waals surface area contributed by atoms with Gasteiger partial charge in [0.1, 0.15) is 11.8 Å². The van der Waals surface area contributed by atoms with Gasteiger partial charge in [0, 0.05) is 30.2 Å². The van der Waals surface area contributed by atoms with E-state index in [0.29, 0.717) is 43.1 Å². The first-order chi connectivity index (χ1) is 20.9. The number of hydrogen-bond acceptors (Lipinski definition) is 8. The summed E-state index contributed by atoms with van der Waals surface area (Å²) < 4.78 is 0. The lowest BCUT2D eigenvalue weighted by molar-refractivity contribution is -0.148. The highest BCUT2D eigenvalue weighted by Crippen LogP contribution is 2.60. The number of nitrogens with zero attached hydrogens (tertiary/aromatic N) is 4. The highest BCUT2D eigenvalue weighted by molar-refractivity contribution is 5.91. The van der Waals surface area contributed by atoms with E-state index in [0.717, 1.165) is 41.4 Å². The van der Waals surface area contributed by atoms with Crippen molar-refractivity contribution in [3.8, 4) is 5.75 Å². The first-order valence-corrected chi connectivity index (χ1v) is 15.2. The van der Waals surface area contributed by atoms with Crippen molar-refractivity contribution in [3.63, 3.8) is 0 Å². The average Bonchev–Trinajstić information content (AvgIpc) is 3.66. The number of aromatic amines is 2. The number of amides is 2. The van der Waals surface area contributed by atoms with E-state index >= 15 is 0 Å². The summed E-state index contributed by atoms with van der Waals surface area (Å²) in [5, 5.41) is 41.9. The molecule has 0 aliphatic heterocycles. The van der Waals surface area contributed by atoms with Crippen molar-refractivity contribution < 1.29 is 14.7 Å². The first-order valence-electron chi connectivity index (χ1n) is 15.2. The third-order valence-electron chi connectivity index (χ3n) is 9.71. The highest BCUT2D eigenvalue weighted by atomic mass is 16.3. The Balaban J connectivity index is 1.12. The summed E-state index contributed by atoms with van der Waals surface area (Å²) in [7, 11) is 0. The molecule has 12 heteroatoms. The Hall–Kier alpha value is -4.48. The van der Waals surface area contributed by atoms with Crippen molar-refractivity contribution in [3.05, 3.63) is 59.8 Å². The smallest absolute Gasteiger partial charge is 0.263 e. The largest absolute Gasteiger partial charge is 0.508 e. The molecule has 12 nitrogen and oxygen atoms in total. The number of H-pyrrole nitrogens is 2. The molecule has 2 heterocycles. The van der Waals surface area contributed by atoms with Crippen LogP contribution in [0.1, 0.15) is 49.8 Å². The fourth-order valence-corrected chi connectivity index (χ4v) is 8.11. The molecule has 4 aromatic rings. The quantitative estimate of drug-likeness (QED) is 0.156. The molecule has 0 saturated heterocycles. The van der Waals surface area contributed by atoms with E-state index in [1.165, 1.54) is 19.3 Å². The number of para-hydroxylation sites is 1. The predicted molar refractivity (Wildman–Crippen MR) is 159 cm³/mol. The molecule has 4 aliphatic carbocycles. The second-order valence-electron chi connectivity index (χ2n) is 12.8. The number of hydrogen-bond donors (Lipinski definition) is 6. The van der Waals surface area contributed by atoms with Crippen LogP contribution >= 0.6 is 0 Å². The summed E-state index contributed by atoms with van der Waals surface area (Å²) in [5.41, 5.74) is 2.21. The van der Waals surface area contributed by atoms with Crippen LogP contribution in [0.4, 0.5) is 5.95 Å². The van der Waals surface area contributed by atoms with Gasteiger partial charge in [0.05, 0.1) is 17.3 Å². The number of carbonyl (C=O) groups excluding carboxylic acids is 2. The van der Waals surface area contributed by atoms with Gasteiger partial charge in [-0.3, -0.25) is 14.7 Å². The Bertz CT molecular complexity index is 1550. The third kappa shape index (κ3) is 5.78. The van der Waals surface area contributed by atoms with Crippen LogP contribution < -0.4 is 16.0 Å². The molecule has 2 aromatic carbocycles. The van der Waals surface area contributed by atoms with Gasteiger partial charge in [-0.25, -0.2) is 0 Å². The molecule has 224 valence electrons. The Morgan fingerprint density at radius 1 is 0.930 bits per heavy atom. The minimum absolute atomic E-state index is 0.00490. The van der Waals surface area contributed by atoms with E-state index in [-0.39, 0.29) is 23.0 Å². The van der Waals surface area contributed by atoms with Crippen LogP contribution in [0.15, 0.2) is 48.5 Å². The van der Waals surface area contributed by atoms with Crippen molar-refractivity contribution in [1.29, 1.82) is 0 Å². The van der Waals surface area contributed by atoms with E-state index in [4.69, 9.17) is 0 Å². The van der Waals surface area contributed by atoms with Crippen molar-refractivity contribution >= 4 is 28.7 Å². The Morgan fingerprint density at radius 3 is 2.35 bits per heavy atom. The van der Waals surface area contributed by atoms with E-state index in [1.54, 1.807) is 24.3 Å². The van der Waals surface area contributed by atoms with Crippen LogP contribution in [0.5, 0.6) is 5.75 Å². The molecule has 2 amide bonds. The highest BCUT2D eigenvalue weighted by Gasteiger charge is 2.55. The van der Waals surface area contributed by atoms with Crippen LogP contribution in [0.2, 0.25) is 0 Å². The van der Waals surface area contributed by atoms with Gasteiger partial charge in [-0.15, -0.1) is 5.10 Å². The molecule has 4 saturated carbocycles. The number of phenolic OH excluding ortho intramolecular Hbond substituents is 1. The number of nitrogens with one attached hydrogen (secondary N) is 5. The molecule has 2 atom stereocenters. The fourth-order valence-electron chi connectivity index (χ4n) is 8.11. The molecule has 0 unspecified atom stereocenters. The van der Waals surface area contributed by atoms with Crippen LogP contribution in [0, 0.1) is 23.2 Å². The molecular formula is C31H37N9O3. The number of aromatic hydroxyl groups is 1. The predicted octanol–water partition coefficient (Wildman–Crippen LogP) is 2.86. The SMILES string of the molecule is O=C(N[C@H](CNc1nn[nH]n1)Cc1n[nH]c2ccccc12)[C@H](Cc1ccc(O)cc1)NC(=O)C12CC3CC(CC(C3)C1)C2. The van der Waals surface area contributed by atoms with Gasteiger partial charge in [-0.05, 0) is 85.3 Å². The zero-order valence-corrected chi connectivity index (χ0v) is 23.9. The van der Waals surface area contributed by atoms with Crippen molar-refractivity contribution in [2.75, 3.05) is 11.9 Å². The lowest BCUT2D eigenvalue weighted by atomic mass is 9.49. The number of carbonyl (C=O) groups is 2. The monoisotopic (exact) mass is 583 g/mol. The average molecular weight is 584 g/mol. The fraction of sp³-hybridized carbons (Fsp3) is 0.484. The topological polar surface area (TPSA) is 174 Å². The summed E-state index contributed by atoms with van der Waals surface area (Å²) in [6, 6.07) is 13.5. The summed E-state index contributed by atoms with van der Waals surface area (Å²) >= 11 is 0. The molecule has 0 spiro atoms. The van der Waals surface area contributed by atoms with Gasteiger partial charge in [0.2, 0.25) is 11.8 Å². The second-order valence-corrected chi connectivity index (χ2v) is 12.8. The summed E-state index contributed by atoms with van der Waals surface area (Å²) in [6.45, 7) is 0.321. The van der Waals surface area contributed by atoms with E-state index in [1.807, 2.05) is 24.3 Å². The standard InChI is InChI=1S/C31H37N9O3/c41-23-7-5-18(6-8-23)12-27(34-29(43)31-14-19-9-20(15-31)11-21(10-19)16-31)28(42)33-22(17-32-30-37-39-40-38-30)13-26-24-3-1-2-4-25(24)35-36-26/h1-8,19-22,27,41H,9-17H2,(H,33,42)(H,34,43)(H,35,36)(H2,32,37,38,39,40)/t19?,20?,21?,22-,27-,31?/m0/s1. The molecule has 6 N–H and O–H groups in total. The van der Waals surface area contributed by atoms with Crippen molar-refractivity contribution in [2.45, 2.75) is 63.5 Å². The molecule has 0 radical (unpaired) electrons. The van der Waals surface area contributed by atoms with Crippen LogP contribution in [-0.2, 0) is 22.4 Å². The second kappa shape index (κ2) is 11.3. The zero-order valence-electron chi connectivity index (χ0n) is 23.9. The molecule has 8 rings (SSSR count). The van der Waals surface area contributed by atoms with Gasteiger partial charge >= 0.3 is 0 Å². The summed E-state index contributed by atoms with van der Waals surface area (Å²) in [6.07, 6.45) is 7.21. The summed E-state index contributed by atoms with van der Waals surface area (Å²) in [4.78, 5) is 28.1. The lowest BCUT2D eigenvalue weighted by Crippen LogP contribution is -2.58. The van der Waals surface area contributed by atoms with Crippen LogP contribution in [0.3, 0.4) is 0 Å². The number of fused-ring (bicyclic) bond motifs is 1. The minimum Gasteiger partial charge on any atom is -0.508 e. The van der Waals surface area contributed by atoms with Gasteiger partial charge in [0.25, 0.3) is 5.95 Å². The molecular weight excluding hydrogens is 546 g/mol. The van der Waals surface area contributed by atoms with E-state index in [2.05, 4.69) is 46.8 Å². The number of tetrazole rings is 1. The third-order valence-corrected chi connectivity index (χ3v) is 9.71. The zero-order chi connectivity index (χ0) is 29.4. The molecule has 4 fully saturated rings. The Morgan fingerprint density at radius 2 is 1.65 bits per heavy atom. The van der Waals surface area contributed by atoms with Crippen LogP contribution in [0.25, 0.3) is 10.9 Å². The Labute approximate surface area is 248 Å². The number of phenols is 1. The summed E-state index contributed by atoms with van der Waals surface area (Å²) in [5.74, 6) is 2.06. The van der Waals surface area contributed by atoms with Crippen molar-refractivity contribution in [2.24, 2.45) is 23.2 Å². The molecule has 43 heavy (non-hydrogen) atoms. The van der Waals surface area contributed by atoms with E-state index in [9.17, 15) is 14.7 Å². The van der Waals surface area contributed by atoms with E-state index < -0.39 is 12.1 Å². The van der Waals surface area contributed by atoms with Gasteiger partial charge in [-0.2, -0.15) is 10.3 Å². The Kier molecular flexibility index (Phi) is 7.20. The van der Waals surface area contributed by atoms with Crippen molar-refractivity contribution in [1.82, 2.24) is 41.5 Å².